The highest BCUT2D eigenvalue weighted by Gasteiger charge is 2.20. The van der Waals surface area contributed by atoms with E-state index in [-0.39, 0.29) is 5.78 Å². The fraction of sp³-hybridized carbons (Fsp3) is 0.381. The molecule has 1 atom stereocenters. The molecule has 0 spiro atoms. The lowest BCUT2D eigenvalue weighted by Gasteiger charge is -2.32. The number of Topliss-reactive ketones (excluding diaryl/α,β-unsaturated/α-hetero) is 1. The number of carbonyl (C=O) groups is 1. The van der Waals surface area contributed by atoms with Crippen LogP contribution in [0.2, 0.25) is 0 Å². The monoisotopic (exact) mass is 337 g/mol. The number of fused-ring (bicyclic) bond motifs is 1. The molecule has 0 amide bonds. The zero-order valence-corrected chi connectivity index (χ0v) is 14.5. The van der Waals surface area contributed by atoms with E-state index in [0.717, 1.165) is 37.4 Å². The van der Waals surface area contributed by atoms with Crippen LogP contribution < -0.4 is 4.74 Å². The summed E-state index contributed by atoms with van der Waals surface area (Å²) in [7, 11) is 0. The lowest BCUT2D eigenvalue weighted by Crippen LogP contribution is -2.37. The number of carbonyl (C=O) groups excluding carboxylic acids is 1. The predicted octanol–water partition coefficient (Wildman–Crippen LogP) is 3.71. The van der Waals surface area contributed by atoms with Crippen LogP contribution in [0.1, 0.15) is 35.3 Å². The van der Waals surface area contributed by atoms with Gasteiger partial charge in [0.1, 0.15) is 5.75 Å². The van der Waals surface area contributed by atoms with Crippen molar-refractivity contribution in [2.24, 2.45) is 0 Å². The van der Waals surface area contributed by atoms with Crippen LogP contribution in [0.3, 0.4) is 0 Å². The van der Waals surface area contributed by atoms with E-state index < -0.39 is 0 Å². The number of hydrogen-bond acceptors (Lipinski definition) is 4. The molecule has 0 aromatic heterocycles. The van der Waals surface area contributed by atoms with Crippen molar-refractivity contribution in [1.29, 1.82) is 0 Å². The molecule has 0 radical (unpaired) electrons. The smallest absolute Gasteiger partial charge is 0.169 e. The Bertz CT molecular complexity index is 763. The summed E-state index contributed by atoms with van der Waals surface area (Å²) < 4.78 is 11.1. The second-order valence-corrected chi connectivity index (χ2v) is 6.68. The minimum absolute atomic E-state index is 0.169. The lowest BCUT2D eigenvalue weighted by molar-refractivity contribution is 0.0198. The molecule has 0 N–H and O–H groups in total. The minimum Gasteiger partial charge on any atom is -0.492 e. The van der Waals surface area contributed by atoms with Gasteiger partial charge >= 0.3 is 0 Å². The Kier molecular flexibility index (Phi) is 4.55. The normalized spacial score (nSPS) is 19.2. The highest BCUT2D eigenvalue weighted by molar-refractivity contribution is 6.00. The summed E-state index contributed by atoms with van der Waals surface area (Å²) in [4.78, 5) is 14.4. The minimum atomic E-state index is 0.169. The van der Waals surface area contributed by atoms with Crippen LogP contribution >= 0.6 is 0 Å². The second kappa shape index (κ2) is 6.98. The number of rotatable bonds is 3. The Hall–Kier alpha value is -2.17. The van der Waals surface area contributed by atoms with Gasteiger partial charge in [0.05, 0.1) is 25.4 Å². The zero-order chi connectivity index (χ0) is 17.2. The zero-order valence-electron chi connectivity index (χ0n) is 14.5. The Morgan fingerprint density at radius 1 is 0.960 bits per heavy atom. The fourth-order valence-electron chi connectivity index (χ4n) is 3.57. The summed E-state index contributed by atoms with van der Waals surface area (Å²) >= 11 is 0. The Balaban J connectivity index is 1.55. The van der Waals surface area contributed by atoms with E-state index in [1.807, 2.05) is 18.2 Å². The van der Waals surface area contributed by atoms with Crippen LogP contribution in [0.25, 0.3) is 11.1 Å². The number of morpholine rings is 1. The lowest BCUT2D eigenvalue weighted by atomic mass is 9.97. The van der Waals surface area contributed by atoms with Gasteiger partial charge in [-0.25, -0.2) is 0 Å². The van der Waals surface area contributed by atoms with Crippen LogP contribution in [0.5, 0.6) is 5.75 Å². The van der Waals surface area contributed by atoms with Crippen molar-refractivity contribution in [3.05, 3.63) is 53.6 Å². The van der Waals surface area contributed by atoms with Gasteiger partial charge in [-0.15, -0.1) is 0 Å². The van der Waals surface area contributed by atoms with E-state index >= 15 is 0 Å². The van der Waals surface area contributed by atoms with Gasteiger partial charge in [-0.05, 0) is 35.7 Å². The largest absolute Gasteiger partial charge is 0.492 e. The van der Waals surface area contributed by atoms with Crippen molar-refractivity contribution in [3.63, 3.8) is 0 Å². The van der Waals surface area contributed by atoms with Crippen LogP contribution in [0, 0.1) is 0 Å². The van der Waals surface area contributed by atoms with Gasteiger partial charge in [0, 0.05) is 25.6 Å². The van der Waals surface area contributed by atoms with Crippen LogP contribution in [0.4, 0.5) is 0 Å². The Morgan fingerprint density at radius 2 is 1.68 bits per heavy atom. The summed E-state index contributed by atoms with van der Waals surface area (Å²) in [6.07, 6.45) is 0.473. The molecular weight excluding hydrogens is 314 g/mol. The first-order chi connectivity index (χ1) is 12.2. The van der Waals surface area contributed by atoms with Crippen molar-refractivity contribution in [3.8, 4) is 16.9 Å². The third-order valence-electron chi connectivity index (χ3n) is 5.19. The Morgan fingerprint density at radius 3 is 2.44 bits per heavy atom. The molecule has 0 unspecified atom stereocenters. The van der Waals surface area contributed by atoms with Crippen molar-refractivity contribution in [2.75, 3.05) is 32.9 Å². The highest BCUT2D eigenvalue weighted by atomic mass is 16.5. The maximum absolute atomic E-state index is 11.9. The molecule has 4 nitrogen and oxygen atoms in total. The first-order valence-corrected chi connectivity index (χ1v) is 8.94. The molecule has 0 saturated carbocycles. The maximum Gasteiger partial charge on any atom is 0.169 e. The quantitative estimate of drug-likeness (QED) is 0.856. The molecule has 2 aromatic rings. The first kappa shape index (κ1) is 16.3. The number of hydrogen-bond donors (Lipinski definition) is 0. The van der Waals surface area contributed by atoms with Gasteiger partial charge in [0.15, 0.2) is 5.78 Å². The van der Waals surface area contributed by atoms with E-state index in [1.54, 1.807) is 0 Å². The molecule has 130 valence electrons. The van der Waals surface area contributed by atoms with E-state index in [0.29, 0.717) is 30.4 Å². The average molecular weight is 337 g/mol. The molecule has 0 bridgehead atoms. The van der Waals surface area contributed by atoms with Gasteiger partial charge in [0.25, 0.3) is 0 Å². The molecule has 2 aliphatic rings. The molecule has 1 fully saturated rings. The molecular formula is C21H23NO3. The molecule has 25 heavy (non-hydrogen) atoms. The van der Waals surface area contributed by atoms with Gasteiger partial charge in [0.2, 0.25) is 0 Å². The summed E-state index contributed by atoms with van der Waals surface area (Å²) in [6, 6.07) is 15.0. The maximum atomic E-state index is 11.9. The molecule has 1 saturated heterocycles. The first-order valence-electron chi connectivity index (χ1n) is 8.94. The number of ether oxygens (including phenoxy) is 2. The predicted molar refractivity (Wildman–Crippen MR) is 97.1 cm³/mol. The highest BCUT2D eigenvalue weighted by Crippen LogP contribution is 2.31. The number of benzene rings is 2. The summed E-state index contributed by atoms with van der Waals surface area (Å²) in [5, 5.41) is 0. The SMILES string of the molecule is C[C@H](c1ccc(-c2ccc3c(c2)OCCC3=O)cc1)N1CCOCC1. The van der Waals surface area contributed by atoms with Crippen molar-refractivity contribution >= 4 is 5.78 Å². The third-order valence-corrected chi connectivity index (χ3v) is 5.19. The third kappa shape index (κ3) is 3.32. The van der Waals surface area contributed by atoms with Crippen LogP contribution in [-0.2, 0) is 4.74 Å². The van der Waals surface area contributed by atoms with Crippen molar-refractivity contribution < 1.29 is 14.3 Å². The molecule has 2 aromatic carbocycles. The molecule has 2 heterocycles. The van der Waals surface area contributed by atoms with Gasteiger partial charge in [-0.1, -0.05) is 30.3 Å². The molecule has 0 aliphatic carbocycles. The van der Waals surface area contributed by atoms with E-state index in [9.17, 15) is 4.79 Å². The van der Waals surface area contributed by atoms with Crippen molar-refractivity contribution in [2.45, 2.75) is 19.4 Å². The van der Waals surface area contributed by atoms with Gasteiger partial charge < -0.3 is 9.47 Å². The summed E-state index contributed by atoms with van der Waals surface area (Å²) in [5.41, 5.74) is 4.24. The van der Waals surface area contributed by atoms with Crippen LogP contribution in [-0.4, -0.2) is 43.6 Å². The molecule has 2 aliphatic heterocycles. The summed E-state index contributed by atoms with van der Waals surface area (Å²) in [5.74, 6) is 0.877. The van der Waals surface area contributed by atoms with Crippen molar-refractivity contribution in [1.82, 2.24) is 4.90 Å². The standard InChI is InChI=1S/C21H23NO3/c1-15(22-9-12-24-13-10-22)16-2-4-17(5-3-16)18-6-7-19-20(23)8-11-25-21(19)14-18/h2-7,14-15H,8-13H2,1H3/t15-/m1/s1. The summed E-state index contributed by atoms with van der Waals surface area (Å²) in [6.45, 7) is 6.33. The Labute approximate surface area is 148 Å². The average Bonchev–Trinajstić information content (AvgIpc) is 2.68. The number of nitrogens with zero attached hydrogens (tertiary/aromatic N) is 1. The van der Waals surface area contributed by atoms with Crippen LogP contribution in [0.15, 0.2) is 42.5 Å². The van der Waals surface area contributed by atoms with Gasteiger partial charge in [-0.2, -0.15) is 0 Å². The molecule has 4 heteroatoms. The molecule has 4 rings (SSSR count). The van der Waals surface area contributed by atoms with E-state index in [4.69, 9.17) is 9.47 Å². The second-order valence-electron chi connectivity index (χ2n) is 6.68. The van der Waals surface area contributed by atoms with E-state index in [1.165, 1.54) is 5.56 Å². The fourth-order valence-corrected chi connectivity index (χ4v) is 3.57. The van der Waals surface area contributed by atoms with Gasteiger partial charge in [-0.3, -0.25) is 9.69 Å². The topological polar surface area (TPSA) is 38.8 Å². The number of ketones is 1. The van der Waals surface area contributed by atoms with E-state index in [2.05, 4.69) is 36.1 Å².